The number of hydrogen-bond acceptors (Lipinski definition) is 3. The van der Waals surface area contributed by atoms with Crippen LogP contribution in [0.25, 0.3) is 0 Å². The Morgan fingerprint density at radius 1 is 1.28 bits per heavy atom. The summed E-state index contributed by atoms with van der Waals surface area (Å²) in [7, 11) is 0. The molecular weight excluding hydrogens is 230 g/mol. The molecule has 0 atom stereocenters. The fourth-order valence-corrected chi connectivity index (χ4v) is 1.24. The van der Waals surface area contributed by atoms with Crippen LogP contribution in [-0.2, 0) is 4.74 Å². The summed E-state index contributed by atoms with van der Waals surface area (Å²) in [6.07, 6.45) is -0.478. The molecule has 0 aliphatic carbocycles. The SMILES string of the molecule is CC(N)=Nc1ccc(NC(=O)OC(C)(C)C)cc1. The first kappa shape index (κ1) is 14.0. The zero-order chi connectivity index (χ0) is 13.8. The lowest BCUT2D eigenvalue weighted by molar-refractivity contribution is 0.0636. The van der Waals surface area contributed by atoms with Crippen molar-refractivity contribution >= 4 is 23.3 Å². The number of anilines is 1. The monoisotopic (exact) mass is 249 g/mol. The summed E-state index contributed by atoms with van der Waals surface area (Å²) in [5, 5.41) is 2.64. The number of benzene rings is 1. The molecule has 1 aromatic carbocycles. The van der Waals surface area contributed by atoms with E-state index in [1.54, 1.807) is 31.2 Å². The highest BCUT2D eigenvalue weighted by Gasteiger charge is 2.15. The van der Waals surface area contributed by atoms with Crippen molar-refractivity contribution in [3.8, 4) is 0 Å². The molecule has 0 heterocycles. The number of aliphatic imine (C=N–C) groups is 1. The molecule has 1 amide bonds. The molecule has 5 nitrogen and oxygen atoms in total. The van der Waals surface area contributed by atoms with E-state index >= 15 is 0 Å². The van der Waals surface area contributed by atoms with Crippen LogP contribution in [0.4, 0.5) is 16.2 Å². The van der Waals surface area contributed by atoms with Crippen molar-refractivity contribution in [1.82, 2.24) is 0 Å². The van der Waals surface area contributed by atoms with Crippen molar-refractivity contribution < 1.29 is 9.53 Å². The number of nitrogens with zero attached hydrogens (tertiary/aromatic N) is 1. The minimum atomic E-state index is -0.509. The maximum absolute atomic E-state index is 11.5. The van der Waals surface area contributed by atoms with Crippen LogP contribution in [0.5, 0.6) is 0 Å². The Balaban J connectivity index is 2.64. The van der Waals surface area contributed by atoms with Crippen molar-refractivity contribution in [3.05, 3.63) is 24.3 Å². The molecule has 0 bridgehead atoms. The molecule has 0 fully saturated rings. The number of amides is 1. The third kappa shape index (κ3) is 5.34. The number of rotatable bonds is 2. The van der Waals surface area contributed by atoms with Crippen LogP contribution in [0.2, 0.25) is 0 Å². The van der Waals surface area contributed by atoms with Gasteiger partial charge in [0.2, 0.25) is 0 Å². The Morgan fingerprint density at radius 3 is 2.28 bits per heavy atom. The van der Waals surface area contributed by atoms with Crippen LogP contribution in [-0.4, -0.2) is 17.5 Å². The van der Waals surface area contributed by atoms with Gasteiger partial charge in [-0.15, -0.1) is 0 Å². The first-order valence-electron chi connectivity index (χ1n) is 5.67. The molecule has 18 heavy (non-hydrogen) atoms. The summed E-state index contributed by atoms with van der Waals surface area (Å²) in [6, 6.07) is 7.02. The molecule has 3 N–H and O–H groups in total. The quantitative estimate of drug-likeness (QED) is 0.624. The zero-order valence-corrected chi connectivity index (χ0v) is 11.2. The number of nitrogens with one attached hydrogen (secondary N) is 1. The van der Waals surface area contributed by atoms with E-state index in [0.29, 0.717) is 11.5 Å². The molecule has 5 heteroatoms. The smallest absolute Gasteiger partial charge is 0.412 e. The Labute approximate surface area is 107 Å². The van der Waals surface area contributed by atoms with Crippen LogP contribution in [0.15, 0.2) is 29.3 Å². The van der Waals surface area contributed by atoms with Gasteiger partial charge in [0, 0.05) is 5.69 Å². The van der Waals surface area contributed by atoms with E-state index in [1.807, 2.05) is 20.8 Å². The second-order valence-corrected chi connectivity index (χ2v) is 4.93. The second-order valence-electron chi connectivity index (χ2n) is 4.93. The number of hydrogen-bond donors (Lipinski definition) is 2. The molecule has 0 spiro atoms. The molecule has 1 rings (SSSR count). The number of carbonyl (C=O) groups is 1. The number of ether oxygens (including phenoxy) is 1. The Hall–Kier alpha value is -2.04. The van der Waals surface area contributed by atoms with Gasteiger partial charge in [-0.2, -0.15) is 0 Å². The first-order chi connectivity index (χ1) is 8.26. The van der Waals surface area contributed by atoms with E-state index in [4.69, 9.17) is 10.5 Å². The van der Waals surface area contributed by atoms with Gasteiger partial charge in [0.15, 0.2) is 0 Å². The van der Waals surface area contributed by atoms with Gasteiger partial charge in [0.1, 0.15) is 5.60 Å². The highest BCUT2D eigenvalue weighted by atomic mass is 16.6. The average molecular weight is 249 g/mol. The molecule has 1 aromatic rings. The van der Waals surface area contributed by atoms with E-state index in [1.165, 1.54) is 0 Å². The Morgan fingerprint density at radius 2 is 1.83 bits per heavy atom. The Kier molecular flexibility index (Phi) is 4.31. The van der Waals surface area contributed by atoms with Gasteiger partial charge < -0.3 is 10.5 Å². The van der Waals surface area contributed by atoms with E-state index < -0.39 is 11.7 Å². The van der Waals surface area contributed by atoms with Crippen LogP contribution < -0.4 is 11.1 Å². The molecule has 0 aliphatic heterocycles. The predicted molar refractivity (Wildman–Crippen MR) is 73.3 cm³/mol. The van der Waals surface area contributed by atoms with E-state index in [0.717, 1.165) is 5.69 Å². The lowest BCUT2D eigenvalue weighted by atomic mass is 10.2. The molecule has 0 unspecified atom stereocenters. The summed E-state index contributed by atoms with van der Waals surface area (Å²) < 4.78 is 5.14. The minimum Gasteiger partial charge on any atom is -0.444 e. The van der Waals surface area contributed by atoms with Gasteiger partial charge >= 0.3 is 6.09 Å². The summed E-state index contributed by atoms with van der Waals surface area (Å²) >= 11 is 0. The predicted octanol–water partition coefficient (Wildman–Crippen LogP) is 3.04. The fraction of sp³-hybridized carbons (Fsp3) is 0.385. The van der Waals surface area contributed by atoms with Crippen LogP contribution in [0.1, 0.15) is 27.7 Å². The van der Waals surface area contributed by atoms with E-state index in [2.05, 4.69) is 10.3 Å². The van der Waals surface area contributed by atoms with Gasteiger partial charge in [-0.05, 0) is 52.0 Å². The van der Waals surface area contributed by atoms with Crippen molar-refractivity contribution in [2.24, 2.45) is 10.7 Å². The lowest BCUT2D eigenvalue weighted by Gasteiger charge is -2.19. The van der Waals surface area contributed by atoms with Gasteiger partial charge in [-0.3, -0.25) is 5.32 Å². The molecule has 0 aliphatic rings. The molecule has 98 valence electrons. The fourth-order valence-electron chi connectivity index (χ4n) is 1.24. The maximum Gasteiger partial charge on any atom is 0.412 e. The standard InChI is InChI=1S/C13H19N3O2/c1-9(14)15-10-5-7-11(8-6-10)16-12(17)18-13(2,3)4/h5-8H,1-4H3,(H2,14,15)(H,16,17). The van der Waals surface area contributed by atoms with Crippen molar-refractivity contribution in [2.75, 3.05) is 5.32 Å². The minimum absolute atomic E-state index is 0.478. The third-order valence-electron chi connectivity index (χ3n) is 1.82. The van der Waals surface area contributed by atoms with Crippen molar-refractivity contribution in [3.63, 3.8) is 0 Å². The average Bonchev–Trinajstić information content (AvgIpc) is 2.17. The van der Waals surface area contributed by atoms with Crippen LogP contribution >= 0.6 is 0 Å². The second kappa shape index (κ2) is 5.53. The summed E-state index contributed by atoms with van der Waals surface area (Å²) in [6.45, 7) is 7.16. The number of nitrogens with two attached hydrogens (primary N) is 1. The molecule has 0 aromatic heterocycles. The highest BCUT2D eigenvalue weighted by Crippen LogP contribution is 2.17. The zero-order valence-electron chi connectivity index (χ0n) is 11.2. The van der Waals surface area contributed by atoms with E-state index in [9.17, 15) is 4.79 Å². The number of carbonyl (C=O) groups excluding carboxylic acids is 1. The number of amidine groups is 1. The van der Waals surface area contributed by atoms with Crippen molar-refractivity contribution in [1.29, 1.82) is 0 Å². The summed E-state index contributed by atoms with van der Waals surface area (Å²) in [5.41, 5.74) is 6.36. The van der Waals surface area contributed by atoms with Gasteiger partial charge in [0.05, 0.1) is 11.5 Å². The van der Waals surface area contributed by atoms with Gasteiger partial charge in [-0.1, -0.05) is 0 Å². The van der Waals surface area contributed by atoms with Crippen LogP contribution in [0.3, 0.4) is 0 Å². The molecule has 0 radical (unpaired) electrons. The summed E-state index contributed by atoms with van der Waals surface area (Å²) in [4.78, 5) is 15.6. The topological polar surface area (TPSA) is 76.7 Å². The van der Waals surface area contributed by atoms with Gasteiger partial charge in [-0.25, -0.2) is 9.79 Å². The molecular formula is C13H19N3O2. The highest BCUT2D eigenvalue weighted by molar-refractivity contribution is 5.85. The molecule has 0 saturated heterocycles. The lowest BCUT2D eigenvalue weighted by Crippen LogP contribution is -2.27. The first-order valence-corrected chi connectivity index (χ1v) is 5.67. The summed E-state index contributed by atoms with van der Waals surface area (Å²) in [5.74, 6) is 0.489. The maximum atomic E-state index is 11.5. The Bertz CT molecular complexity index is 440. The van der Waals surface area contributed by atoms with Crippen LogP contribution in [0, 0.1) is 0 Å². The van der Waals surface area contributed by atoms with E-state index in [-0.39, 0.29) is 0 Å². The normalized spacial score (nSPS) is 12.1. The van der Waals surface area contributed by atoms with Crippen molar-refractivity contribution in [2.45, 2.75) is 33.3 Å². The van der Waals surface area contributed by atoms with Gasteiger partial charge in [0.25, 0.3) is 0 Å². The molecule has 0 saturated carbocycles. The third-order valence-corrected chi connectivity index (χ3v) is 1.82. The largest absolute Gasteiger partial charge is 0.444 e.